The van der Waals surface area contributed by atoms with Gasteiger partial charge >= 0.3 is 0 Å². The molecule has 0 aliphatic carbocycles. The summed E-state index contributed by atoms with van der Waals surface area (Å²) in [6.07, 6.45) is 1.19. The lowest BCUT2D eigenvalue weighted by atomic mass is 10.7. The van der Waals surface area contributed by atoms with Crippen molar-refractivity contribution in [2.24, 2.45) is 5.73 Å². The van der Waals surface area contributed by atoms with Gasteiger partial charge in [0, 0.05) is 0 Å². The van der Waals surface area contributed by atoms with Gasteiger partial charge in [-0.15, -0.1) is 0 Å². The van der Waals surface area contributed by atoms with E-state index in [-0.39, 0.29) is 12.8 Å². The van der Waals surface area contributed by atoms with Gasteiger partial charge in [-0.3, -0.25) is 4.79 Å². The van der Waals surface area contributed by atoms with Crippen molar-refractivity contribution >= 4 is 6.29 Å². The molecule has 0 fully saturated rings. The molecule has 1 unspecified atom stereocenters. The molecule has 0 saturated heterocycles. The van der Waals surface area contributed by atoms with Crippen molar-refractivity contribution in [2.45, 2.75) is 13.2 Å². The number of carbonyl (C=O) groups excluding carboxylic acids is 1. The Morgan fingerprint density at radius 3 is 2.71 bits per heavy atom. The first kappa shape index (κ1) is 6.59. The summed E-state index contributed by atoms with van der Waals surface area (Å²) in [5.74, 6) is 0. The van der Waals surface area contributed by atoms with Crippen molar-refractivity contribution in [3.63, 3.8) is 0 Å². The SMILES string of the molecule is CC(N)OC[C]=O. The molecule has 0 aliphatic heterocycles. The summed E-state index contributed by atoms with van der Waals surface area (Å²) in [4.78, 5) is 9.40. The van der Waals surface area contributed by atoms with Gasteiger partial charge in [-0.05, 0) is 6.92 Å². The van der Waals surface area contributed by atoms with Crippen molar-refractivity contribution in [1.29, 1.82) is 0 Å². The fourth-order valence-electron chi connectivity index (χ4n) is 0.165. The van der Waals surface area contributed by atoms with Crippen molar-refractivity contribution in [3.8, 4) is 0 Å². The molecule has 1 radical (unpaired) electrons. The summed E-state index contributed by atoms with van der Waals surface area (Å²) in [5.41, 5.74) is 5.08. The molecule has 0 rings (SSSR count). The van der Waals surface area contributed by atoms with Gasteiger partial charge in [0.1, 0.15) is 12.8 Å². The van der Waals surface area contributed by atoms with Gasteiger partial charge in [-0.1, -0.05) is 0 Å². The zero-order valence-electron chi connectivity index (χ0n) is 4.18. The van der Waals surface area contributed by atoms with E-state index < -0.39 is 0 Å². The van der Waals surface area contributed by atoms with Crippen LogP contribution in [-0.2, 0) is 9.53 Å². The van der Waals surface area contributed by atoms with Gasteiger partial charge in [-0.25, -0.2) is 0 Å². The van der Waals surface area contributed by atoms with Gasteiger partial charge in [0.05, 0.1) is 0 Å². The smallest absolute Gasteiger partial charge is 0.226 e. The van der Waals surface area contributed by atoms with Crippen molar-refractivity contribution < 1.29 is 9.53 Å². The fourth-order valence-corrected chi connectivity index (χ4v) is 0.165. The van der Waals surface area contributed by atoms with E-state index in [4.69, 9.17) is 5.73 Å². The Morgan fingerprint density at radius 2 is 2.57 bits per heavy atom. The molecule has 3 heteroatoms. The minimum absolute atomic E-state index is 0.0301. The van der Waals surface area contributed by atoms with Crippen LogP contribution >= 0.6 is 0 Å². The molecule has 2 N–H and O–H groups in total. The average Bonchev–Trinajstić information content (AvgIpc) is 1.61. The quantitative estimate of drug-likeness (QED) is 0.485. The third-order valence-electron chi connectivity index (χ3n) is 0.405. The molecular formula is C4H8NO2. The van der Waals surface area contributed by atoms with Crippen LogP contribution in [0.5, 0.6) is 0 Å². The van der Waals surface area contributed by atoms with Gasteiger partial charge in [0.25, 0.3) is 0 Å². The number of rotatable bonds is 3. The first-order valence-corrected chi connectivity index (χ1v) is 1.99. The third kappa shape index (κ3) is 5.59. The molecule has 0 bridgehead atoms. The zero-order valence-corrected chi connectivity index (χ0v) is 4.18. The van der Waals surface area contributed by atoms with E-state index in [1.54, 1.807) is 13.2 Å². The molecule has 0 amide bonds. The molecule has 1 atom stereocenters. The molecule has 0 spiro atoms. The molecule has 0 aromatic rings. The van der Waals surface area contributed by atoms with Crippen LogP contribution in [-0.4, -0.2) is 19.1 Å². The maximum Gasteiger partial charge on any atom is 0.226 e. The van der Waals surface area contributed by atoms with E-state index in [1.807, 2.05) is 0 Å². The van der Waals surface area contributed by atoms with Crippen LogP contribution in [0.4, 0.5) is 0 Å². The van der Waals surface area contributed by atoms with E-state index in [1.165, 1.54) is 0 Å². The molecule has 7 heavy (non-hydrogen) atoms. The van der Waals surface area contributed by atoms with E-state index in [9.17, 15) is 4.79 Å². The van der Waals surface area contributed by atoms with Crippen LogP contribution < -0.4 is 5.73 Å². The summed E-state index contributed by atoms with van der Waals surface area (Å²) in [6, 6.07) is 0. The van der Waals surface area contributed by atoms with E-state index >= 15 is 0 Å². The Hall–Kier alpha value is -0.410. The lowest BCUT2D eigenvalue weighted by molar-refractivity contribution is 0.100. The van der Waals surface area contributed by atoms with Crippen LogP contribution in [0, 0.1) is 0 Å². The fraction of sp³-hybridized carbons (Fsp3) is 0.750. The summed E-state index contributed by atoms with van der Waals surface area (Å²) in [5, 5.41) is 0. The summed E-state index contributed by atoms with van der Waals surface area (Å²) in [6.45, 7) is 1.62. The van der Waals surface area contributed by atoms with Gasteiger partial charge in [0.15, 0.2) is 0 Å². The van der Waals surface area contributed by atoms with Crippen LogP contribution in [0.2, 0.25) is 0 Å². The van der Waals surface area contributed by atoms with Crippen molar-refractivity contribution in [1.82, 2.24) is 0 Å². The van der Waals surface area contributed by atoms with Gasteiger partial charge < -0.3 is 10.5 Å². The van der Waals surface area contributed by atoms with Crippen LogP contribution in [0.15, 0.2) is 0 Å². The molecule has 0 aliphatic rings. The Bertz CT molecular complexity index is 53.7. The lowest BCUT2D eigenvalue weighted by Crippen LogP contribution is -2.19. The highest BCUT2D eigenvalue weighted by atomic mass is 16.5. The zero-order chi connectivity index (χ0) is 5.70. The molecular weight excluding hydrogens is 94.0 g/mol. The average molecular weight is 102 g/mol. The normalized spacial score (nSPS) is 13.4. The lowest BCUT2D eigenvalue weighted by Gasteiger charge is -1.99. The van der Waals surface area contributed by atoms with Crippen molar-refractivity contribution in [2.75, 3.05) is 6.61 Å². The number of ether oxygens (including phenoxy) is 1. The van der Waals surface area contributed by atoms with Gasteiger partial charge in [0.2, 0.25) is 6.29 Å². The molecule has 0 heterocycles. The van der Waals surface area contributed by atoms with Crippen LogP contribution in [0.3, 0.4) is 0 Å². The van der Waals surface area contributed by atoms with E-state index in [0.717, 1.165) is 0 Å². The molecule has 41 valence electrons. The molecule has 0 aromatic carbocycles. The first-order chi connectivity index (χ1) is 3.27. The monoisotopic (exact) mass is 102 g/mol. The molecule has 0 saturated carbocycles. The highest BCUT2D eigenvalue weighted by molar-refractivity contribution is 5.51. The highest BCUT2D eigenvalue weighted by Crippen LogP contribution is 1.73. The topological polar surface area (TPSA) is 52.3 Å². The van der Waals surface area contributed by atoms with Crippen LogP contribution in [0.1, 0.15) is 6.92 Å². The minimum atomic E-state index is -0.360. The summed E-state index contributed by atoms with van der Waals surface area (Å²) >= 11 is 0. The number of nitrogens with two attached hydrogens (primary N) is 1. The Morgan fingerprint density at radius 1 is 2.00 bits per heavy atom. The predicted octanol–water partition coefficient (Wildman–Crippen LogP) is -0.583. The second-order valence-corrected chi connectivity index (χ2v) is 1.16. The Kier molecular flexibility index (Phi) is 3.55. The highest BCUT2D eigenvalue weighted by Gasteiger charge is 1.88. The molecule has 3 nitrogen and oxygen atoms in total. The summed E-state index contributed by atoms with van der Waals surface area (Å²) in [7, 11) is 0. The minimum Gasteiger partial charge on any atom is -0.356 e. The second-order valence-electron chi connectivity index (χ2n) is 1.16. The van der Waals surface area contributed by atoms with E-state index in [0.29, 0.717) is 0 Å². The number of hydrogen-bond donors (Lipinski definition) is 1. The first-order valence-electron chi connectivity index (χ1n) is 1.99. The maximum atomic E-state index is 9.40. The second kappa shape index (κ2) is 3.77. The van der Waals surface area contributed by atoms with Crippen molar-refractivity contribution in [3.05, 3.63) is 0 Å². The Balaban J connectivity index is 2.81. The molecule has 0 aromatic heterocycles. The maximum absolute atomic E-state index is 9.40. The predicted molar refractivity (Wildman–Crippen MR) is 25.3 cm³/mol. The van der Waals surface area contributed by atoms with E-state index in [2.05, 4.69) is 4.74 Å². The summed E-state index contributed by atoms with van der Waals surface area (Å²) < 4.78 is 4.55. The number of hydrogen-bond acceptors (Lipinski definition) is 3. The van der Waals surface area contributed by atoms with Gasteiger partial charge in [-0.2, -0.15) is 0 Å². The third-order valence-corrected chi connectivity index (χ3v) is 0.405. The van der Waals surface area contributed by atoms with Crippen LogP contribution in [0.25, 0.3) is 0 Å². The largest absolute Gasteiger partial charge is 0.356 e. The standard InChI is InChI=1S/C4H8NO2/c1-4(5)7-3-2-6/h4H,3,5H2,1H3. The Labute approximate surface area is 42.4 Å².